The van der Waals surface area contributed by atoms with E-state index in [1.807, 2.05) is 18.5 Å². The van der Waals surface area contributed by atoms with E-state index >= 15 is 0 Å². The molecule has 2 atom stereocenters. The highest BCUT2D eigenvalue weighted by Gasteiger charge is 2.24. The van der Waals surface area contributed by atoms with Crippen LogP contribution in [0.1, 0.15) is 59.1 Å². The van der Waals surface area contributed by atoms with E-state index in [-0.39, 0.29) is 12.1 Å². The first-order valence-electron chi connectivity index (χ1n) is 8.31. The summed E-state index contributed by atoms with van der Waals surface area (Å²) in [5.41, 5.74) is 7.55. The molecular weight excluding hydrogens is 258 g/mol. The normalized spacial score (nSPS) is 14.9. The molecule has 0 aliphatic heterocycles. The number of hydrogen-bond donors (Lipinski definition) is 1. The molecule has 0 aromatic carbocycles. The predicted molar refractivity (Wildman–Crippen MR) is 91.1 cm³/mol. The van der Waals surface area contributed by atoms with Crippen LogP contribution < -0.4 is 5.73 Å². The molecule has 3 heteroatoms. The predicted octanol–water partition coefficient (Wildman–Crippen LogP) is 3.86. The van der Waals surface area contributed by atoms with Gasteiger partial charge in [0.05, 0.1) is 6.04 Å². The Morgan fingerprint density at radius 2 is 1.62 bits per heavy atom. The maximum Gasteiger partial charge on any atom is 0.0511 e. The van der Waals surface area contributed by atoms with E-state index in [4.69, 9.17) is 5.73 Å². The molecule has 1 rings (SSSR count). The van der Waals surface area contributed by atoms with Crippen molar-refractivity contribution in [2.75, 3.05) is 13.1 Å². The van der Waals surface area contributed by atoms with Crippen molar-refractivity contribution in [2.24, 2.45) is 17.6 Å². The first kappa shape index (κ1) is 18.1. The van der Waals surface area contributed by atoms with Gasteiger partial charge in [0.1, 0.15) is 0 Å². The van der Waals surface area contributed by atoms with Crippen LogP contribution in [0.2, 0.25) is 0 Å². The van der Waals surface area contributed by atoms with Gasteiger partial charge in [-0.1, -0.05) is 33.8 Å². The number of rotatable bonds is 9. The Morgan fingerprint density at radius 1 is 1.05 bits per heavy atom. The fourth-order valence-electron chi connectivity index (χ4n) is 2.64. The summed E-state index contributed by atoms with van der Waals surface area (Å²) in [6, 6.07) is 4.52. The van der Waals surface area contributed by atoms with Gasteiger partial charge in [-0.15, -0.1) is 0 Å². The van der Waals surface area contributed by atoms with Crippen molar-refractivity contribution in [1.29, 1.82) is 0 Å². The molecule has 0 bridgehead atoms. The summed E-state index contributed by atoms with van der Waals surface area (Å²) in [5.74, 6) is 1.43. The van der Waals surface area contributed by atoms with Crippen molar-refractivity contribution in [3.05, 3.63) is 30.1 Å². The number of nitrogens with zero attached hydrogens (tertiary/aromatic N) is 2. The summed E-state index contributed by atoms with van der Waals surface area (Å²) in [4.78, 5) is 6.84. The second-order valence-electron chi connectivity index (χ2n) is 6.99. The van der Waals surface area contributed by atoms with Crippen molar-refractivity contribution >= 4 is 0 Å². The third kappa shape index (κ3) is 6.58. The number of nitrogens with two attached hydrogens (primary N) is 1. The van der Waals surface area contributed by atoms with Crippen LogP contribution in [0, 0.1) is 11.8 Å². The van der Waals surface area contributed by atoms with Crippen molar-refractivity contribution < 1.29 is 0 Å². The molecule has 0 spiro atoms. The van der Waals surface area contributed by atoms with Gasteiger partial charge in [-0.25, -0.2) is 0 Å². The molecular formula is C18H33N3. The van der Waals surface area contributed by atoms with Gasteiger partial charge < -0.3 is 5.73 Å². The lowest BCUT2D eigenvalue weighted by atomic mass is 9.98. The molecule has 0 aliphatic rings. The SMILES string of the molecule is CC(C)CCN(CCC(C)C)C(c1cccnc1)C(C)N. The monoisotopic (exact) mass is 291 g/mol. The van der Waals surface area contributed by atoms with Crippen LogP contribution in [0.25, 0.3) is 0 Å². The average molecular weight is 291 g/mol. The minimum Gasteiger partial charge on any atom is -0.326 e. The molecule has 1 heterocycles. The van der Waals surface area contributed by atoms with E-state index in [1.165, 1.54) is 18.4 Å². The summed E-state index contributed by atoms with van der Waals surface area (Å²) in [7, 11) is 0. The summed E-state index contributed by atoms with van der Waals surface area (Å²) in [6.07, 6.45) is 6.21. The van der Waals surface area contributed by atoms with Crippen LogP contribution in [0.4, 0.5) is 0 Å². The minimum atomic E-state index is 0.105. The lowest BCUT2D eigenvalue weighted by Crippen LogP contribution is -2.41. The molecule has 3 nitrogen and oxygen atoms in total. The van der Waals surface area contributed by atoms with Gasteiger partial charge in [0, 0.05) is 18.4 Å². The van der Waals surface area contributed by atoms with Crippen LogP contribution in [-0.2, 0) is 0 Å². The first-order chi connectivity index (χ1) is 9.91. The zero-order valence-corrected chi connectivity index (χ0v) is 14.4. The van der Waals surface area contributed by atoms with Gasteiger partial charge in [0.2, 0.25) is 0 Å². The molecule has 2 unspecified atom stereocenters. The van der Waals surface area contributed by atoms with Crippen molar-refractivity contribution in [3.8, 4) is 0 Å². The fraction of sp³-hybridized carbons (Fsp3) is 0.722. The second-order valence-corrected chi connectivity index (χ2v) is 6.99. The van der Waals surface area contributed by atoms with Crippen LogP contribution in [0.15, 0.2) is 24.5 Å². The second kappa shape index (κ2) is 9.16. The van der Waals surface area contributed by atoms with Gasteiger partial charge in [-0.05, 0) is 56.3 Å². The molecule has 0 aliphatic carbocycles. The zero-order chi connectivity index (χ0) is 15.8. The Bertz CT molecular complexity index is 361. The van der Waals surface area contributed by atoms with Gasteiger partial charge >= 0.3 is 0 Å². The molecule has 0 fully saturated rings. The number of hydrogen-bond acceptors (Lipinski definition) is 3. The van der Waals surface area contributed by atoms with E-state index in [9.17, 15) is 0 Å². The molecule has 0 amide bonds. The number of pyridine rings is 1. The quantitative estimate of drug-likeness (QED) is 0.751. The van der Waals surface area contributed by atoms with Gasteiger partial charge in [0.25, 0.3) is 0 Å². The van der Waals surface area contributed by atoms with E-state index in [1.54, 1.807) is 0 Å². The lowest BCUT2D eigenvalue weighted by Gasteiger charge is -2.35. The summed E-state index contributed by atoms with van der Waals surface area (Å²) in [6.45, 7) is 13.4. The van der Waals surface area contributed by atoms with Gasteiger partial charge in [0.15, 0.2) is 0 Å². The van der Waals surface area contributed by atoms with Crippen LogP contribution in [-0.4, -0.2) is 29.0 Å². The Kier molecular flexibility index (Phi) is 7.91. The minimum absolute atomic E-state index is 0.105. The molecule has 0 radical (unpaired) electrons. The molecule has 1 aromatic heterocycles. The summed E-state index contributed by atoms with van der Waals surface area (Å²) >= 11 is 0. The van der Waals surface area contributed by atoms with Crippen LogP contribution >= 0.6 is 0 Å². The Morgan fingerprint density at radius 3 is 2.00 bits per heavy atom. The van der Waals surface area contributed by atoms with Gasteiger partial charge in [-0.3, -0.25) is 9.88 Å². The third-order valence-corrected chi connectivity index (χ3v) is 3.90. The molecule has 21 heavy (non-hydrogen) atoms. The van der Waals surface area contributed by atoms with Crippen molar-refractivity contribution in [1.82, 2.24) is 9.88 Å². The maximum atomic E-state index is 6.31. The van der Waals surface area contributed by atoms with Crippen molar-refractivity contribution in [3.63, 3.8) is 0 Å². The van der Waals surface area contributed by atoms with E-state index in [0.717, 1.165) is 13.1 Å². The summed E-state index contributed by atoms with van der Waals surface area (Å²) in [5, 5.41) is 0. The highest BCUT2D eigenvalue weighted by atomic mass is 15.2. The topological polar surface area (TPSA) is 42.2 Å². The summed E-state index contributed by atoms with van der Waals surface area (Å²) < 4.78 is 0. The Balaban J connectivity index is 2.88. The highest BCUT2D eigenvalue weighted by Crippen LogP contribution is 2.24. The van der Waals surface area contributed by atoms with E-state index in [2.05, 4.69) is 50.6 Å². The molecule has 1 aromatic rings. The Labute approximate surface area is 130 Å². The van der Waals surface area contributed by atoms with Gasteiger partial charge in [-0.2, -0.15) is 0 Å². The van der Waals surface area contributed by atoms with E-state index in [0.29, 0.717) is 11.8 Å². The smallest absolute Gasteiger partial charge is 0.0511 e. The molecule has 0 saturated carbocycles. The van der Waals surface area contributed by atoms with E-state index < -0.39 is 0 Å². The molecule has 0 saturated heterocycles. The standard InChI is InChI=1S/C18H33N3/c1-14(2)8-11-21(12-9-15(3)4)18(16(5)19)17-7-6-10-20-13-17/h6-7,10,13-16,18H,8-9,11-12,19H2,1-5H3. The van der Waals surface area contributed by atoms with Crippen molar-refractivity contribution in [2.45, 2.75) is 59.5 Å². The van der Waals surface area contributed by atoms with Crippen LogP contribution in [0.3, 0.4) is 0 Å². The lowest BCUT2D eigenvalue weighted by molar-refractivity contribution is 0.158. The molecule has 120 valence electrons. The largest absolute Gasteiger partial charge is 0.326 e. The maximum absolute atomic E-state index is 6.31. The highest BCUT2D eigenvalue weighted by molar-refractivity contribution is 5.16. The molecule has 2 N–H and O–H groups in total. The number of aromatic nitrogens is 1. The zero-order valence-electron chi connectivity index (χ0n) is 14.4. The Hall–Kier alpha value is -0.930. The van der Waals surface area contributed by atoms with Crippen LogP contribution in [0.5, 0.6) is 0 Å². The fourth-order valence-corrected chi connectivity index (χ4v) is 2.64. The average Bonchev–Trinajstić information content (AvgIpc) is 2.42. The first-order valence-corrected chi connectivity index (χ1v) is 8.31. The third-order valence-electron chi connectivity index (χ3n) is 3.90.